The van der Waals surface area contributed by atoms with Crippen molar-refractivity contribution < 1.29 is 31.9 Å². The number of halogens is 1. The third-order valence-electron chi connectivity index (χ3n) is 4.04. The van der Waals surface area contributed by atoms with Gasteiger partial charge in [0.2, 0.25) is 0 Å². The molecule has 1 heterocycles. The highest BCUT2D eigenvalue weighted by Crippen LogP contribution is 2.36. The summed E-state index contributed by atoms with van der Waals surface area (Å²) >= 11 is 6.55. The molecule has 1 aliphatic rings. The van der Waals surface area contributed by atoms with Crippen molar-refractivity contribution in [3.05, 3.63) is 61.2 Å². The lowest BCUT2D eigenvalue weighted by molar-refractivity contribution is -0.384. The molecule has 0 bridgehead atoms. The largest absolute Gasteiger partial charge is 0.493 e. The van der Waals surface area contributed by atoms with E-state index in [1.165, 1.54) is 25.3 Å². The lowest BCUT2D eigenvalue weighted by Crippen LogP contribution is -2.51. The van der Waals surface area contributed by atoms with Gasteiger partial charge in [0.15, 0.2) is 16.6 Å². The van der Waals surface area contributed by atoms with Crippen LogP contribution in [-0.4, -0.2) is 37.4 Å². The molecule has 32 heavy (non-hydrogen) atoms. The van der Waals surface area contributed by atoms with Crippen molar-refractivity contribution in [3.8, 4) is 11.5 Å². The second-order valence-electron chi connectivity index (χ2n) is 6.12. The van der Waals surface area contributed by atoms with Gasteiger partial charge in [-0.1, -0.05) is 0 Å². The zero-order chi connectivity index (χ0) is 23.6. The number of nitro groups is 1. The van der Waals surface area contributed by atoms with E-state index < -0.39 is 26.9 Å². The number of carbonyl (C=O) groups is 2. The van der Waals surface area contributed by atoms with E-state index in [1.54, 1.807) is 22.6 Å². The predicted molar refractivity (Wildman–Crippen MR) is 123 cm³/mol. The van der Waals surface area contributed by atoms with Crippen LogP contribution in [0.15, 0.2) is 46.9 Å². The van der Waals surface area contributed by atoms with E-state index in [1.807, 2.05) is 0 Å². The molecular weight excluding hydrogens is 577 g/mol. The molecule has 0 aromatic heterocycles. The smallest absolute Gasteiger partial charge is 0.339 e. The van der Waals surface area contributed by atoms with Crippen molar-refractivity contribution in [2.45, 2.75) is 4.90 Å². The second kappa shape index (κ2) is 9.17. The summed E-state index contributed by atoms with van der Waals surface area (Å²) in [6.07, 6.45) is 1.28. The highest BCUT2D eigenvalue weighted by Gasteiger charge is 2.27. The van der Waals surface area contributed by atoms with Crippen LogP contribution in [-0.2, 0) is 19.7 Å². The Morgan fingerprint density at radius 3 is 2.25 bits per heavy atom. The number of nitro benzene ring substituents is 1. The Kier molecular flexibility index (Phi) is 6.75. The number of hydrogen-bond donors (Lipinski definition) is 2. The molecule has 2 amide bonds. The number of hydrogen-bond acceptors (Lipinski definition) is 9. The fourth-order valence-corrected chi connectivity index (χ4v) is 4.60. The van der Waals surface area contributed by atoms with Gasteiger partial charge in [-0.3, -0.25) is 30.3 Å². The van der Waals surface area contributed by atoms with Crippen molar-refractivity contribution >= 4 is 73.6 Å². The van der Waals surface area contributed by atoms with Gasteiger partial charge in [0.25, 0.3) is 17.5 Å². The number of methoxy groups -OCH3 is 1. The lowest BCUT2D eigenvalue weighted by atomic mass is 10.1. The van der Waals surface area contributed by atoms with Gasteiger partial charge in [-0.25, -0.2) is 0 Å². The molecule has 11 nitrogen and oxygen atoms in total. The number of thiocarbonyl (C=S) groups is 1. The van der Waals surface area contributed by atoms with Crippen LogP contribution in [0.3, 0.4) is 0 Å². The van der Waals surface area contributed by atoms with E-state index in [0.29, 0.717) is 9.13 Å². The fourth-order valence-electron chi connectivity index (χ4n) is 2.57. The normalized spacial score (nSPS) is 13.8. The SMILES string of the molecule is COc1cc(C=C2C(=O)NC(=S)NC2=O)cc(I)c1OS(=O)(=O)c1ccc([N+](=O)[O-])cc1. The zero-order valence-corrected chi connectivity index (χ0v) is 19.7. The maximum Gasteiger partial charge on any atom is 0.339 e. The van der Waals surface area contributed by atoms with Crippen LogP contribution < -0.4 is 19.6 Å². The zero-order valence-electron chi connectivity index (χ0n) is 15.9. The van der Waals surface area contributed by atoms with Gasteiger partial charge in [0.1, 0.15) is 10.5 Å². The van der Waals surface area contributed by atoms with Gasteiger partial charge in [-0.05, 0) is 70.7 Å². The van der Waals surface area contributed by atoms with Crippen molar-refractivity contribution in [2.75, 3.05) is 7.11 Å². The molecule has 2 aromatic carbocycles. The van der Waals surface area contributed by atoms with Crippen LogP contribution in [0.4, 0.5) is 5.69 Å². The molecule has 1 saturated heterocycles. The minimum absolute atomic E-state index is 0.0152. The molecule has 1 fully saturated rings. The van der Waals surface area contributed by atoms with E-state index in [9.17, 15) is 28.1 Å². The van der Waals surface area contributed by atoms with E-state index >= 15 is 0 Å². The Bertz CT molecular complexity index is 1270. The van der Waals surface area contributed by atoms with E-state index in [2.05, 4.69) is 10.6 Å². The molecule has 1 aliphatic heterocycles. The molecule has 3 rings (SSSR count). The van der Waals surface area contributed by atoms with Gasteiger partial charge in [0.05, 0.1) is 15.6 Å². The average molecular weight is 589 g/mol. The molecule has 0 unspecified atom stereocenters. The Labute approximate surface area is 200 Å². The van der Waals surface area contributed by atoms with E-state index in [0.717, 1.165) is 24.3 Å². The molecule has 2 N–H and O–H groups in total. The Morgan fingerprint density at radius 2 is 1.72 bits per heavy atom. The summed E-state index contributed by atoms with van der Waals surface area (Å²) in [4.78, 5) is 33.9. The van der Waals surface area contributed by atoms with Crippen LogP contribution in [0.5, 0.6) is 11.5 Å². The standard InChI is InChI=1S/C18H12IN3O8S2/c1-29-14-8-9(6-12-16(23)20-18(31)21-17(12)24)7-13(19)15(14)30-32(27,28)11-4-2-10(3-5-11)22(25)26/h2-8H,1H3,(H2,20,21,23,24,31). The highest BCUT2D eigenvalue weighted by atomic mass is 127. The summed E-state index contributed by atoms with van der Waals surface area (Å²) in [5.74, 6) is -1.49. The van der Waals surface area contributed by atoms with Gasteiger partial charge in [0, 0.05) is 12.1 Å². The van der Waals surface area contributed by atoms with Crippen LogP contribution in [0, 0.1) is 13.7 Å². The Balaban J connectivity index is 1.96. The van der Waals surface area contributed by atoms with Crippen LogP contribution >= 0.6 is 34.8 Å². The van der Waals surface area contributed by atoms with Crippen LogP contribution in [0.2, 0.25) is 0 Å². The first-order valence-electron chi connectivity index (χ1n) is 8.46. The molecule has 0 atom stereocenters. The minimum atomic E-state index is -4.34. The van der Waals surface area contributed by atoms with E-state index in [4.69, 9.17) is 21.1 Å². The van der Waals surface area contributed by atoms with Gasteiger partial charge in [-0.15, -0.1) is 0 Å². The minimum Gasteiger partial charge on any atom is -0.493 e. The molecule has 0 spiro atoms. The molecular formula is C18H12IN3O8S2. The molecule has 0 aliphatic carbocycles. The summed E-state index contributed by atoms with van der Waals surface area (Å²) in [7, 11) is -3.06. The summed E-state index contributed by atoms with van der Waals surface area (Å²) in [5.41, 5.74) is -0.117. The molecule has 166 valence electrons. The highest BCUT2D eigenvalue weighted by molar-refractivity contribution is 14.1. The summed E-state index contributed by atoms with van der Waals surface area (Å²) in [5, 5.41) is 15.3. The first kappa shape index (κ1) is 23.6. The van der Waals surface area contributed by atoms with Crippen LogP contribution in [0.1, 0.15) is 5.56 Å². The third-order valence-corrected chi connectivity index (χ3v) is 6.28. The molecule has 0 radical (unpaired) electrons. The third kappa shape index (κ3) is 5.03. The Morgan fingerprint density at radius 1 is 1.12 bits per heavy atom. The summed E-state index contributed by atoms with van der Waals surface area (Å²) in [6.45, 7) is 0. The maximum absolute atomic E-state index is 12.6. The first-order valence-corrected chi connectivity index (χ1v) is 11.4. The first-order chi connectivity index (χ1) is 15.0. The number of amides is 2. The number of non-ortho nitro benzene ring substituents is 1. The number of ether oxygens (including phenoxy) is 1. The summed E-state index contributed by atoms with van der Waals surface area (Å²) in [6, 6.07) is 7.04. The maximum atomic E-state index is 12.6. The number of rotatable bonds is 6. The lowest BCUT2D eigenvalue weighted by Gasteiger charge is -2.17. The number of benzene rings is 2. The Hall–Kier alpha value is -3.11. The monoisotopic (exact) mass is 589 g/mol. The molecule has 2 aromatic rings. The molecule has 0 saturated carbocycles. The number of carbonyl (C=O) groups excluding carboxylic acids is 2. The fraction of sp³-hybridized carbons (Fsp3) is 0.0556. The quantitative estimate of drug-likeness (QED) is 0.0978. The number of nitrogens with zero attached hydrogens (tertiary/aromatic N) is 1. The van der Waals surface area contributed by atoms with E-state index in [-0.39, 0.29) is 32.8 Å². The van der Waals surface area contributed by atoms with Crippen molar-refractivity contribution in [1.29, 1.82) is 0 Å². The van der Waals surface area contributed by atoms with Crippen molar-refractivity contribution in [3.63, 3.8) is 0 Å². The predicted octanol–water partition coefficient (Wildman–Crippen LogP) is 1.89. The van der Waals surface area contributed by atoms with Crippen molar-refractivity contribution in [2.24, 2.45) is 0 Å². The molecule has 14 heteroatoms. The average Bonchev–Trinajstić information content (AvgIpc) is 2.72. The summed E-state index contributed by atoms with van der Waals surface area (Å²) < 4.78 is 36.0. The topological polar surface area (TPSA) is 154 Å². The van der Waals surface area contributed by atoms with Gasteiger partial charge < -0.3 is 8.92 Å². The van der Waals surface area contributed by atoms with Gasteiger partial charge in [-0.2, -0.15) is 8.42 Å². The van der Waals surface area contributed by atoms with Gasteiger partial charge >= 0.3 is 10.1 Å². The second-order valence-corrected chi connectivity index (χ2v) is 9.23. The number of nitrogens with one attached hydrogen (secondary N) is 2. The van der Waals surface area contributed by atoms with Crippen molar-refractivity contribution in [1.82, 2.24) is 10.6 Å². The van der Waals surface area contributed by atoms with Crippen LogP contribution in [0.25, 0.3) is 6.08 Å².